The van der Waals surface area contributed by atoms with E-state index in [1.807, 2.05) is 0 Å². The minimum Gasteiger partial charge on any atom is -0.348 e. The molecule has 1 heterocycles. The first-order chi connectivity index (χ1) is 13.6. The summed E-state index contributed by atoms with van der Waals surface area (Å²) in [5.74, 6) is -1.48. The summed E-state index contributed by atoms with van der Waals surface area (Å²) in [6.45, 7) is 0.718. The van der Waals surface area contributed by atoms with Crippen LogP contribution in [-0.2, 0) is 14.8 Å². The molecule has 2 N–H and O–H groups in total. The van der Waals surface area contributed by atoms with Gasteiger partial charge in [-0.25, -0.2) is 21.9 Å². The zero-order chi connectivity index (χ0) is 21.3. The van der Waals surface area contributed by atoms with Crippen molar-refractivity contribution in [3.8, 4) is 6.07 Å². The van der Waals surface area contributed by atoms with E-state index in [9.17, 15) is 22.4 Å². The molecule has 0 aliphatic carbocycles. The van der Waals surface area contributed by atoms with Gasteiger partial charge in [0, 0.05) is 10.0 Å². The highest BCUT2D eigenvalue weighted by Gasteiger charge is 2.39. The van der Waals surface area contributed by atoms with E-state index in [0.717, 1.165) is 6.07 Å². The molecule has 0 saturated carbocycles. The third-order valence-electron chi connectivity index (χ3n) is 4.24. The second-order valence-corrected chi connectivity index (χ2v) is 8.85. The highest BCUT2D eigenvalue weighted by Crippen LogP contribution is 2.35. The normalized spacial score (nSPS) is 15.7. The summed E-state index contributed by atoms with van der Waals surface area (Å²) in [5, 5.41) is 13.7. The van der Waals surface area contributed by atoms with Gasteiger partial charge in [0.05, 0.1) is 23.4 Å². The SMILES string of the molecule is C[C@H](NC(=O)CN1C(=O)Nc2cccc(Br)c2S1(=O)=O)c1ccc(C#N)cc1F. The van der Waals surface area contributed by atoms with Crippen LogP contribution in [0.2, 0.25) is 0 Å². The molecule has 0 radical (unpaired) electrons. The fraction of sp³-hybridized carbons (Fsp3) is 0.167. The molecule has 0 aromatic heterocycles. The Morgan fingerprint density at radius 3 is 2.76 bits per heavy atom. The van der Waals surface area contributed by atoms with Crippen molar-refractivity contribution in [2.75, 3.05) is 11.9 Å². The van der Waals surface area contributed by atoms with Crippen LogP contribution in [-0.4, -0.2) is 31.2 Å². The van der Waals surface area contributed by atoms with E-state index in [1.165, 1.54) is 31.2 Å². The Morgan fingerprint density at radius 1 is 1.38 bits per heavy atom. The Kier molecular flexibility index (Phi) is 5.59. The highest BCUT2D eigenvalue weighted by molar-refractivity contribution is 9.10. The summed E-state index contributed by atoms with van der Waals surface area (Å²) in [4.78, 5) is 24.5. The van der Waals surface area contributed by atoms with Gasteiger partial charge < -0.3 is 10.6 Å². The number of rotatable bonds is 4. The summed E-state index contributed by atoms with van der Waals surface area (Å²) in [7, 11) is -4.27. The molecule has 1 atom stereocenters. The molecule has 29 heavy (non-hydrogen) atoms. The van der Waals surface area contributed by atoms with Crippen molar-refractivity contribution in [1.82, 2.24) is 9.62 Å². The van der Waals surface area contributed by atoms with Crippen molar-refractivity contribution in [1.29, 1.82) is 5.26 Å². The third-order valence-corrected chi connectivity index (χ3v) is 7.00. The number of halogens is 2. The number of amides is 3. The topological polar surface area (TPSA) is 119 Å². The lowest BCUT2D eigenvalue weighted by Crippen LogP contribution is -2.49. The lowest BCUT2D eigenvalue weighted by Gasteiger charge is -2.29. The molecule has 11 heteroatoms. The maximum Gasteiger partial charge on any atom is 0.336 e. The second kappa shape index (κ2) is 7.81. The highest BCUT2D eigenvalue weighted by atomic mass is 79.9. The number of anilines is 1. The van der Waals surface area contributed by atoms with Crippen LogP contribution < -0.4 is 10.6 Å². The molecule has 0 bridgehead atoms. The molecule has 0 unspecified atom stereocenters. The van der Waals surface area contributed by atoms with E-state index >= 15 is 0 Å². The van der Waals surface area contributed by atoms with Gasteiger partial charge in [-0.05, 0) is 47.1 Å². The molecule has 0 spiro atoms. The summed E-state index contributed by atoms with van der Waals surface area (Å²) < 4.78 is 40.4. The number of nitrogens with one attached hydrogen (secondary N) is 2. The fourth-order valence-electron chi connectivity index (χ4n) is 2.87. The Labute approximate surface area is 174 Å². The molecule has 8 nitrogen and oxygen atoms in total. The van der Waals surface area contributed by atoms with Crippen molar-refractivity contribution in [2.24, 2.45) is 0 Å². The van der Waals surface area contributed by atoms with Gasteiger partial charge in [0.2, 0.25) is 5.91 Å². The maximum atomic E-state index is 14.1. The quantitative estimate of drug-likeness (QED) is 0.696. The van der Waals surface area contributed by atoms with E-state index in [0.29, 0.717) is 4.31 Å². The number of urea groups is 1. The van der Waals surface area contributed by atoms with Gasteiger partial charge in [0.1, 0.15) is 17.3 Å². The molecule has 1 aliphatic heterocycles. The minimum absolute atomic E-state index is 0.106. The van der Waals surface area contributed by atoms with Gasteiger partial charge in [-0.3, -0.25) is 4.79 Å². The second-order valence-electron chi connectivity index (χ2n) is 6.20. The lowest BCUT2D eigenvalue weighted by molar-refractivity contribution is -0.121. The number of nitriles is 1. The number of carbonyl (C=O) groups excluding carboxylic acids is 2. The first kappa shape index (κ1) is 20.8. The van der Waals surface area contributed by atoms with Crippen LogP contribution >= 0.6 is 15.9 Å². The Morgan fingerprint density at radius 2 is 2.10 bits per heavy atom. The van der Waals surface area contributed by atoms with Crippen LogP contribution in [0.5, 0.6) is 0 Å². The molecule has 3 rings (SSSR count). The number of sulfonamides is 1. The number of fused-ring (bicyclic) bond motifs is 1. The smallest absolute Gasteiger partial charge is 0.336 e. The Hall–Kier alpha value is -2.97. The molecule has 2 aromatic carbocycles. The van der Waals surface area contributed by atoms with Gasteiger partial charge in [0.25, 0.3) is 10.0 Å². The monoisotopic (exact) mass is 480 g/mol. The van der Waals surface area contributed by atoms with E-state index in [-0.39, 0.29) is 26.2 Å². The van der Waals surface area contributed by atoms with Crippen LogP contribution in [0.15, 0.2) is 45.8 Å². The number of hydrogen-bond acceptors (Lipinski definition) is 5. The van der Waals surface area contributed by atoms with Gasteiger partial charge in [0.15, 0.2) is 0 Å². The molecule has 2 aromatic rings. The van der Waals surface area contributed by atoms with E-state index in [1.54, 1.807) is 12.1 Å². The zero-order valence-corrected chi connectivity index (χ0v) is 17.3. The lowest BCUT2D eigenvalue weighted by atomic mass is 10.1. The molecule has 3 amide bonds. The van der Waals surface area contributed by atoms with Gasteiger partial charge in [-0.2, -0.15) is 5.26 Å². The summed E-state index contributed by atoms with van der Waals surface area (Å²) in [5.41, 5.74) is 0.357. The Balaban J connectivity index is 1.79. The van der Waals surface area contributed by atoms with Crippen molar-refractivity contribution < 1.29 is 22.4 Å². The summed E-state index contributed by atoms with van der Waals surface area (Å²) >= 11 is 3.14. The van der Waals surface area contributed by atoms with Gasteiger partial charge in [-0.1, -0.05) is 12.1 Å². The van der Waals surface area contributed by atoms with Crippen LogP contribution in [0.3, 0.4) is 0 Å². The van der Waals surface area contributed by atoms with Gasteiger partial charge >= 0.3 is 6.03 Å². The molecule has 0 fully saturated rings. The van der Waals surface area contributed by atoms with Crippen molar-refractivity contribution in [2.45, 2.75) is 17.9 Å². The fourth-order valence-corrected chi connectivity index (χ4v) is 5.33. The molecule has 0 saturated heterocycles. The van der Waals surface area contributed by atoms with Crippen LogP contribution in [0.4, 0.5) is 14.9 Å². The average molecular weight is 481 g/mol. The number of nitrogens with zero attached hydrogens (tertiary/aromatic N) is 2. The Bertz CT molecular complexity index is 1160. The minimum atomic E-state index is -4.27. The van der Waals surface area contributed by atoms with Crippen LogP contribution in [0.25, 0.3) is 0 Å². The van der Waals surface area contributed by atoms with Crippen molar-refractivity contribution in [3.63, 3.8) is 0 Å². The predicted molar refractivity (Wildman–Crippen MR) is 105 cm³/mol. The maximum absolute atomic E-state index is 14.1. The summed E-state index contributed by atoms with van der Waals surface area (Å²) in [6.07, 6.45) is 0. The van der Waals surface area contributed by atoms with E-state index < -0.39 is 40.4 Å². The first-order valence-electron chi connectivity index (χ1n) is 8.26. The molecular formula is C18H14BrFN4O4S. The average Bonchev–Trinajstić information content (AvgIpc) is 2.64. The third kappa shape index (κ3) is 3.94. The zero-order valence-electron chi connectivity index (χ0n) is 14.9. The standard InChI is InChI=1S/C18H14BrFN4O4S/c1-10(12-6-5-11(8-21)7-14(12)20)22-16(25)9-24-18(26)23-15-4-2-3-13(19)17(15)29(24,27)28/h2-7,10H,9H2,1H3,(H,22,25)(H,23,26)/t10-/m0/s1. The van der Waals surface area contributed by atoms with Crippen LogP contribution in [0.1, 0.15) is 24.1 Å². The summed E-state index contributed by atoms with van der Waals surface area (Å²) in [6, 6.07) is 8.32. The number of carbonyl (C=O) groups is 2. The largest absolute Gasteiger partial charge is 0.348 e. The van der Waals surface area contributed by atoms with E-state index in [2.05, 4.69) is 26.6 Å². The number of hydrogen-bond donors (Lipinski definition) is 2. The van der Waals surface area contributed by atoms with Crippen molar-refractivity contribution in [3.05, 3.63) is 57.8 Å². The number of benzene rings is 2. The first-order valence-corrected chi connectivity index (χ1v) is 10.5. The molecular weight excluding hydrogens is 467 g/mol. The predicted octanol–water partition coefficient (Wildman–Crippen LogP) is 2.87. The van der Waals surface area contributed by atoms with Crippen molar-refractivity contribution >= 4 is 43.6 Å². The van der Waals surface area contributed by atoms with Gasteiger partial charge in [-0.15, -0.1) is 0 Å². The van der Waals surface area contributed by atoms with E-state index in [4.69, 9.17) is 5.26 Å². The van der Waals surface area contributed by atoms with Crippen LogP contribution in [0, 0.1) is 17.1 Å². The molecule has 150 valence electrons. The molecule has 1 aliphatic rings.